The Balaban J connectivity index is 1.63. The van der Waals surface area contributed by atoms with Gasteiger partial charge in [-0.15, -0.1) is 0 Å². The monoisotopic (exact) mass is 427 g/mol. The average molecular weight is 427 g/mol. The molecule has 9 heteroatoms. The van der Waals surface area contributed by atoms with Crippen LogP contribution in [0.4, 0.5) is 14.5 Å². The van der Waals surface area contributed by atoms with Gasteiger partial charge in [-0.25, -0.2) is 13.3 Å². The summed E-state index contributed by atoms with van der Waals surface area (Å²) in [7, 11) is 3.23. The van der Waals surface area contributed by atoms with Gasteiger partial charge in [-0.05, 0) is 43.2 Å². The van der Waals surface area contributed by atoms with Crippen LogP contribution in [0, 0.1) is 11.6 Å². The number of aromatic nitrogens is 2. The van der Waals surface area contributed by atoms with E-state index in [0.29, 0.717) is 29.6 Å². The molecule has 1 saturated heterocycles. The van der Waals surface area contributed by atoms with Crippen LogP contribution in [0.3, 0.4) is 0 Å². The van der Waals surface area contributed by atoms with Gasteiger partial charge in [0.05, 0.1) is 29.9 Å². The zero-order chi connectivity index (χ0) is 22.1. The van der Waals surface area contributed by atoms with Crippen LogP contribution in [-0.2, 0) is 4.79 Å². The van der Waals surface area contributed by atoms with Crippen molar-refractivity contribution in [2.24, 2.45) is 0 Å². The number of nitrogens with zero attached hydrogens (tertiary/aromatic N) is 4. The first-order chi connectivity index (χ1) is 14.8. The van der Waals surface area contributed by atoms with Crippen LogP contribution in [0.5, 0.6) is 0 Å². The molecule has 1 aliphatic heterocycles. The molecule has 1 aromatic carbocycles. The zero-order valence-electron chi connectivity index (χ0n) is 17.3. The Hall–Kier alpha value is -3.49. The van der Waals surface area contributed by atoms with Crippen LogP contribution in [0.25, 0.3) is 5.52 Å². The van der Waals surface area contributed by atoms with E-state index in [2.05, 4.69) is 10.4 Å². The Kier molecular flexibility index (Phi) is 5.58. The van der Waals surface area contributed by atoms with E-state index in [1.54, 1.807) is 24.8 Å². The Morgan fingerprint density at radius 2 is 2.03 bits per heavy atom. The Bertz CT molecular complexity index is 1140. The van der Waals surface area contributed by atoms with Crippen LogP contribution in [-0.4, -0.2) is 53.5 Å². The number of anilines is 1. The first kappa shape index (κ1) is 20.8. The molecular weight excluding hydrogens is 404 g/mol. The van der Waals surface area contributed by atoms with Gasteiger partial charge in [0.1, 0.15) is 11.6 Å². The molecule has 0 unspecified atom stereocenters. The van der Waals surface area contributed by atoms with Crippen molar-refractivity contribution in [3.8, 4) is 0 Å². The molecule has 4 rings (SSSR count). The number of nitrogens with one attached hydrogen (secondary N) is 1. The fourth-order valence-electron chi connectivity index (χ4n) is 3.90. The molecular formula is C22H23F2N5O2. The number of hydrogen-bond acceptors (Lipinski definition) is 4. The third-order valence-electron chi connectivity index (χ3n) is 5.55. The molecule has 0 bridgehead atoms. The normalized spacial score (nSPS) is 16.0. The molecule has 1 atom stereocenters. The third kappa shape index (κ3) is 4.08. The lowest BCUT2D eigenvalue weighted by Crippen LogP contribution is -2.36. The second kappa shape index (κ2) is 8.33. The lowest BCUT2D eigenvalue weighted by molar-refractivity contribution is -0.127. The summed E-state index contributed by atoms with van der Waals surface area (Å²) in [6.07, 6.45) is 4.71. The van der Waals surface area contributed by atoms with Crippen LogP contribution in [0.1, 0.15) is 34.8 Å². The fraction of sp³-hybridized carbons (Fsp3) is 0.318. The maximum absolute atomic E-state index is 14.4. The molecule has 3 aromatic rings. The third-order valence-corrected chi connectivity index (χ3v) is 5.55. The quantitative estimate of drug-likeness (QED) is 0.680. The average Bonchev–Trinajstić information content (AvgIpc) is 3.40. The van der Waals surface area contributed by atoms with Crippen molar-refractivity contribution in [3.05, 3.63) is 65.5 Å². The highest BCUT2D eigenvalue weighted by atomic mass is 19.1. The van der Waals surface area contributed by atoms with Crippen LogP contribution in [0.2, 0.25) is 0 Å². The van der Waals surface area contributed by atoms with E-state index in [-0.39, 0.29) is 18.5 Å². The van der Waals surface area contributed by atoms with Gasteiger partial charge in [0.2, 0.25) is 5.91 Å². The van der Waals surface area contributed by atoms with Gasteiger partial charge >= 0.3 is 0 Å². The highest BCUT2D eigenvalue weighted by molar-refractivity contribution is 6.02. The van der Waals surface area contributed by atoms with E-state index in [1.807, 2.05) is 17.0 Å². The largest absolute Gasteiger partial charge is 0.364 e. The molecule has 1 fully saturated rings. The number of rotatable bonds is 5. The van der Waals surface area contributed by atoms with Gasteiger partial charge in [0.15, 0.2) is 0 Å². The number of hydrogen-bond donors (Lipinski definition) is 1. The molecule has 2 aromatic heterocycles. The minimum absolute atomic E-state index is 0.115. The lowest BCUT2D eigenvalue weighted by Gasteiger charge is -2.27. The molecule has 3 heterocycles. The Morgan fingerprint density at radius 1 is 1.23 bits per heavy atom. The summed E-state index contributed by atoms with van der Waals surface area (Å²) in [6, 6.07) is 6.87. The van der Waals surface area contributed by atoms with Gasteiger partial charge in [-0.3, -0.25) is 9.59 Å². The first-order valence-corrected chi connectivity index (χ1v) is 10.0. The number of benzene rings is 1. The van der Waals surface area contributed by atoms with Crippen LogP contribution in [0.15, 0.2) is 42.7 Å². The predicted molar refractivity (Wildman–Crippen MR) is 112 cm³/mol. The van der Waals surface area contributed by atoms with Gasteiger partial charge in [0.25, 0.3) is 5.91 Å². The summed E-state index contributed by atoms with van der Waals surface area (Å²) in [5.41, 5.74) is 2.02. The molecule has 1 N–H and O–H groups in total. The van der Waals surface area contributed by atoms with Crippen molar-refractivity contribution >= 4 is 23.0 Å². The molecule has 162 valence electrons. The smallest absolute Gasteiger partial charge is 0.255 e. The highest BCUT2D eigenvalue weighted by Gasteiger charge is 2.29. The molecule has 31 heavy (non-hydrogen) atoms. The molecule has 0 saturated carbocycles. The summed E-state index contributed by atoms with van der Waals surface area (Å²) in [4.78, 5) is 27.8. The summed E-state index contributed by atoms with van der Waals surface area (Å²) < 4.78 is 29.7. The second-order valence-corrected chi connectivity index (χ2v) is 7.76. The summed E-state index contributed by atoms with van der Waals surface area (Å²) in [6.45, 7) is 0.569. The molecule has 0 radical (unpaired) electrons. The Morgan fingerprint density at radius 3 is 2.81 bits per heavy atom. The van der Waals surface area contributed by atoms with E-state index in [1.165, 1.54) is 17.2 Å². The van der Waals surface area contributed by atoms with E-state index in [9.17, 15) is 18.4 Å². The molecule has 7 nitrogen and oxygen atoms in total. The fourth-order valence-corrected chi connectivity index (χ4v) is 3.90. The van der Waals surface area contributed by atoms with Crippen molar-refractivity contribution in [1.82, 2.24) is 19.8 Å². The van der Waals surface area contributed by atoms with Crippen molar-refractivity contribution in [2.45, 2.75) is 18.9 Å². The number of amides is 2. The van der Waals surface area contributed by atoms with Crippen LogP contribution >= 0.6 is 0 Å². The van der Waals surface area contributed by atoms with E-state index in [0.717, 1.165) is 24.2 Å². The Labute approximate surface area is 178 Å². The van der Waals surface area contributed by atoms with Crippen molar-refractivity contribution in [2.75, 3.05) is 32.1 Å². The van der Waals surface area contributed by atoms with Crippen molar-refractivity contribution in [1.29, 1.82) is 0 Å². The second-order valence-electron chi connectivity index (χ2n) is 7.76. The SMILES string of the molecule is CN(C)C(=O)CNC(=O)c1cnn2ccc(N3CCC[C@@H]3c3cc(F)ccc3F)cc12. The number of carbonyl (C=O) groups excluding carboxylic acids is 2. The number of halogens is 2. The molecule has 2 amide bonds. The first-order valence-electron chi connectivity index (χ1n) is 10.0. The van der Waals surface area contributed by atoms with Crippen LogP contribution < -0.4 is 10.2 Å². The highest BCUT2D eigenvalue weighted by Crippen LogP contribution is 2.38. The summed E-state index contributed by atoms with van der Waals surface area (Å²) in [5.74, 6) is -1.53. The number of likely N-dealkylation sites (N-methyl/N-ethyl adjacent to an activating group) is 1. The lowest BCUT2D eigenvalue weighted by atomic mass is 10.0. The van der Waals surface area contributed by atoms with Gasteiger partial charge < -0.3 is 15.1 Å². The molecule has 0 spiro atoms. The maximum atomic E-state index is 14.4. The minimum atomic E-state index is -0.472. The van der Waals surface area contributed by atoms with E-state index < -0.39 is 17.5 Å². The maximum Gasteiger partial charge on any atom is 0.255 e. The van der Waals surface area contributed by atoms with Crippen molar-refractivity contribution < 1.29 is 18.4 Å². The van der Waals surface area contributed by atoms with Crippen molar-refractivity contribution in [3.63, 3.8) is 0 Å². The topological polar surface area (TPSA) is 70.0 Å². The van der Waals surface area contributed by atoms with E-state index in [4.69, 9.17) is 0 Å². The summed E-state index contributed by atoms with van der Waals surface area (Å²) >= 11 is 0. The minimum Gasteiger partial charge on any atom is -0.364 e. The number of fused-ring (bicyclic) bond motifs is 1. The molecule has 1 aliphatic rings. The number of carbonyl (C=O) groups is 2. The standard InChI is InChI=1S/C22H23F2N5O2/c1-27(2)21(30)13-25-22(31)17-12-26-29-9-7-15(11-20(17)29)28-8-3-4-19(28)16-10-14(23)5-6-18(16)24/h5-7,9-12,19H,3-4,8,13H2,1-2H3,(H,25,31)/t19-/m1/s1. The number of pyridine rings is 1. The van der Waals surface area contributed by atoms with Gasteiger partial charge in [-0.2, -0.15) is 5.10 Å². The van der Waals surface area contributed by atoms with E-state index >= 15 is 0 Å². The van der Waals surface area contributed by atoms with Gasteiger partial charge in [-0.1, -0.05) is 0 Å². The zero-order valence-corrected chi connectivity index (χ0v) is 17.3. The summed E-state index contributed by atoms with van der Waals surface area (Å²) in [5, 5.41) is 6.81. The molecule has 0 aliphatic carbocycles. The predicted octanol–water partition coefficient (Wildman–Crippen LogP) is 2.77. The van der Waals surface area contributed by atoms with Gasteiger partial charge in [0, 0.05) is 38.1 Å².